The van der Waals surface area contributed by atoms with Crippen LogP contribution in [0.1, 0.15) is 12.5 Å². The van der Waals surface area contributed by atoms with E-state index < -0.39 is 0 Å². The summed E-state index contributed by atoms with van der Waals surface area (Å²) in [5.74, 6) is 0.829. The number of ether oxygens (including phenoxy) is 1. The zero-order valence-electron chi connectivity index (χ0n) is 15.2. The molecule has 0 spiro atoms. The van der Waals surface area contributed by atoms with Gasteiger partial charge in [0.1, 0.15) is 5.75 Å². The lowest BCUT2D eigenvalue weighted by molar-refractivity contribution is -0.118. The van der Waals surface area contributed by atoms with Crippen molar-refractivity contribution < 1.29 is 9.53 Å². The molecule has 2 N–H and O–H groups in total. The Morgan fingerprint density at radius 1 is 1.11 bits per heavy atom. The lowest BCUT2D eigenvalue weighted by Crippen LogP contribution is -2.22. The molecule has 1 aromatic heterocycles. The quantitative estimate of drug-likeness (QED) is 0.602. The number of amides is 1. The molecule has 7 heteroatoms. The summed E-state index contributed by atoms with van der Waals surface area (Å²) in [5, 5.41) is 9.00. The topological polar surface area (TPSA) is 63.2 Å². The molecule has 142 valence electrons. The molecule has 3 rings (SSSR count). The van der Waals surface area contributed by atoms with E-state index in [1.807, 2.05) is 29.6 Å². The maximum Gasteiger partial charge on any atom is 0.216 e. The molecule has 0 fully saturated rings. The Morgan fingerprint density at radius 3 is 2.44 bits per heavy atom. The van der Waals surface area contributed by atoms with Crippen molar-refractivity contribution in [3.05, 3.63) is 59.5 Å². The van der Waals surface area contributed by atoms with Crippen molar-refractivity contribution in [1.82, 2.24) is 10.3 Å². The van der Waals surface area contributed by atoms with E-state index in [-0.39, 0.29) is 18.3 Å². The number of thiazole rings is 1. The second kappa shape index (κ2) is 9.94. The zero-order chi connectivity index (χ0) is 18.4. The smallest absolute Gasteiger partial charge is 0.216 e. The number of nitrogens with zero attached hydrogens (tertiary/aromatic N) is 1. The van der Waals surface area contributed by atoms with Crippen LogP contribution >= 0.6 is 23.7 Å². The number of nitrogens with one attached hydrogen (secondary N) is 2. The van der Waals surface area contributed by atoms with Crippen LogP contribution in [0.2, 0.25) is 0 Å². The van der Waals surface area contributed by atoms with Gasteiger partial charge in [-0.1, -0.05) is 24.3 Å². The van der Waals surface area contributed by atoms with Gasteiger partial charge in [0.05, 0.1) is 12.8 Å². The number of rotatable bonds is 7. The first kappa shape index (κ1) is 20.7. The number of hydrogen-bond acceptors (Lipinski definition) is 5. The fourth-order valence-corrected chi connectivity index (χ4v) is 3.23. The minimum atomic E-state index is 0. The number of anilines is 2. The first-order valence-corrected chi connectivity index (χ1v) is 9.22. The summed E-state index contributed by atoms with van der Waals surface area (Å²) in [6, 6.07) is 16.0. The fourth-order valence-electron chi connectivity index (χ4n) is 2.49. The van der Waals surface area contributed by atoms with Crippen molar-refractivity contribution in [2.24, 2.45) is 0 Å². The highest BCUT2D eigenvalue weighted by Crippen LogP contribution is 2.28. The summed E-state index contributed by atoms with van der Waals surface area (Å²) in [6.45, 7) is 2.18. The van der Waals surface area contributed by atoms with Gasteiger partial charge < -0.3 is 15.4 Å². The van der Waals surface area contributed by atoms with Crippen LogP contribution in [-0.4, -0.2) is 24.5 Å². The van der Waals surface area contributed by atoms with Crippen molar-refractivity contribution >= 4 is 40.5 Å². The van der Waals surface area contributed by atoms with Crippen molar-refractivity contribution in [1.29, 1.82) is 0 Å². The first-order valence-electron chi connectivity index (χ1n) is 8.34. The fraction of sp³-hybridized carbons (Fsp3) is 0.200. The summed E-state index contributed by atoms with van der Waals surface area (Å²) < 4.78 is 5.17. The van der Waals surface area contributed by atoms with Crippen LogP contribution in [0.4, 0.5) is 10.8 Å². The highest BCUT2D eigenvalue weighted by Gasteiger charge is 2.05. The molecule has 0 atom stereocenters. The van der Waals surface area contributed by atoms with Crippen LogP contribution in [-0.2, 0) is 11.2 Å². The molecular formula is C20H22ClN3O2S. The molecule has 1 heterocycles. The molecule has 0 aliphatic heterocycles. The Balaban J connectivity index is 0.00000261. The van der Waals surface area contributed by atoms with Crippen molar-refractivity contribution in [2.45, 2.75) is 13.3 Å². The maximum atomic E-state index is 10.9. The predicted molar refractivity (Wildman–Crippen MR) is 113 cm³/mol. The number of hydrogen-bond donors (Lipinski definition) is 2. The molecule has 0 saturated heterocycles. The molecule has 0 bridgehead atoms. The van der Waals surface area contributed by atoms with Gasteiger partial charge in [-0.2, -0.15) is 0 Å². The largest absolute Gasteiger partial charge is 0.497 e. The van der Waals surface area contributed by atoms with E-state index in [1.165, 1.54) is 12.5 Å². The summed E-state index contributed by atoms with van der Waals surface area (Å²) in [6.07, 6.45) is 0.821. The first-order chi connectivity index (χ1) is 12.6. The number of benzene rings is 2. The molecule has 0 radical (unpaired) electrons. The monoisotopic (exact) mass is 403 g/mol. The third kappa shape index (κ3) is 5.98. The molecular weight excluding hydrogens is 382 g/mol. The van der Waals surface area contributed by atoms with E-state index in [0.717, 1.165) is 34.2 Å². The van der Waals surface area contributed by atoms with Gasteiger partial charge in [-0.15, -0.1) is 23.7 Å². The Hall–Kier alpha value is -2.57. The molecule has 0 aliphatic carbocycles. The molecule has 2 aromatic carbocycles. The number of carbonyl (C=O) groups excluding carboxylic acids is 1. The minimum Gasteiger partial charge on any atom is -0.497 e. The van der Waals surface area contributed by atoms with Gasteiger partial charge in [-0.05, 0) is 36.2 Å². The van der Waals surface area contributed by atoms with Gasteiger partial charge in [-0.25, -0.2) is 4.98 Å². The minimum absolute atomic E-state index is 0. The predicted octanol–water partition coefficient (Wildman–Crippen LogP) is 4.66. The number of halogens is 1. The van der Waals surface area contributed by atoms with Crippen molar-refractivity contribution in [2.75, 3.05) is 19.0 Å². The second-order valence-electron chi connectivity index (χ2n) is 5.82. The van der Waals surface area contributed by atoms with E-state index in [9.17, 15) is 4.79 Å². The molecule has 0 aliphatic rings. The van der Waals surface area contributed by atoms with E-state index in [0.29, 0.717) is 6.54 Å². The van der Waals surface area contributed by atoms with E-state index in [2.05, 4.69) is 39.9 Å². The number of methoxy groups -OCH3 is 1. The van der Waals surface area contributed by atoms with Crippen molar-refractivity contribution in [3.8, 4) is 17.0 Å². The number of aromatic nitrogens is 1. The van der Waals surface area contributed by atoms with E-state index in [1.54, 1.807) is 18.4 Å². The Bertz CT molecular complexity index is 864. The van der Waals surface area contributed by atoms with Crippen LogP contribution in [0.25, 0.3) is 11.3 Å². The highest BCUT2D eigenvalue weighted by atomic mass is 35.5. The van der Waals surface area contributed by atoms with Crippen molar-refractivity contribution in [3.63, 3.8) is 0 Å². The SMILES string of the molecule is COc1ccc(Nc2nc(-c3ccc(CCNC(C)=O)cc3)cs2)cc1.Cl. The van der Waals surface area contributed by atoms with E-state index >= 15 is 0 Å². The zero-order valence-corrected chi connectivity index (χ0v) is 16.8. The van der Waals surface area contributed by atoms with Crippen LogP contribution in [0.3, 0.4) is 0 Å². The lowest BCUT2D eigenvalue weighted by Gasteiger charge is -2.04. The average Bonchev–Trinajstić information content (AvgIpc) is 3.11. The lowest BCUT2D eigenvalue weighted by atomic mass is 10.1. The summed E-state index contributed by atoms with van der Waals surface area (Å²) in [5.41, 5.74) is 4.18. The van der Waals surface area contributed by atoms with Crippen LogP contribution in [0.15, 0.2) is 53.9 Å². The summed E-state index contributed by atoms with van der Waals surface area (Å²) in [7, 11) is 1.65. The number of carbonyl (C=O) groups is 1. The molecule has 1 amide bonds. The van der Waals surface area contributed by atoms with Crippen LogP contribution < -0.4 is 15.4 Å². The van der Waals surface area contributed by atoms with Gasteiger partial charge in [0.15, 0.2) is 5.13 Å². The van der Waals surface area contributed by atoms with Gasteiger partial charge in [0.2, 0.25) is 5.91 Å². The van der Waals surface area contributed by atoms with Gasteiger partial charge >= 0.3 is 0 Å². The van der Waals surface area contributed by atoms with Crippen LogP contribution in [0, 0.1) is 0 Å². The maximum absolute atomic E-state index is 10.9. The second-order valence-corrected chi connectivity index (χ2v) is 6.68. The van der Waals surface area contributed by atoms with E-state index in [4.69, 9.17) is 4.74 Å². The van der Waals surface area contributed by atoms with Gasteiger partial charge in [0.25, 0.3) is 0 Å². The standard InChI is InChI=1S/C20H21N3O2S.ClH/c1-14(24)21-12-11-15-3-5-16(6-4-15)19-13-26-20(23-19)22-17-7-9-18(25-2)10-8-17;/h3-10,13H,11-12H2,1-2H3,(H,21,24)(H,22,23);1H. The molecule has 0 saturated carbocycles. The summed E-state index contributed by atoms with van der Waals surface area (Å²) in [4.78, 5) is 15.6. The average molecular weight is 404 g/mol. The summed E-state index contributed by atoms with van der Waals surface area (Å²) >= 11 is 1.57. The molecule has 0 unspecified atom stereocenters. The normalized spacial score (nSPS) is 10.0. The molecule has 3 aromatic rings. The van der Waals surface area contributed by atoms with Gasteiger partial charge in [0, 0.05) is 30.1 Å². The Kier molecular flexibility index (Phi) is 7.64. The third-order valence-electron chi connectivity index (χ3n) is 3.88. The van der Waals surface area contributed by atoms with Crippen LogP contribution in [0.5, 0.6) is 5.75 Å². The molecule has 5 nitrogen and oxygen atoms in total. The Morgan fingerprint density at radius 2 is 1.81 bits per heavy atom. The highest BCUT2D eigenvalue weighted by molar-refractivity contribution is 7.14. The molecule has 27 heavy (non-hydrogen) atoms. The third-order valence-corrected chi connectivity index (χ3v) is 4.64. The Labute approximate surface area is 169 Å². The van der Waals surface area contributed by atoms with Gasteiger partial charge in [-0.3, -0.25) is 4.79 Å².